The Morgan fingerprint density at radius 2 is 2.32 bits per heavy atom. The lowest BCUT2D eigenvalue weighted by Crippen LogP contribution is -2.15. The van der Waals surface area contributed by atoms with Crippen molar-refractivity contribution in [2.75, 3.05) is 6.61 Å². The highest BCUT2D eigenvalue weighted by molar-refractivity contribution is 9.10. The molecule has 2 aromatic rings. The first-order valence-corrected chi connectivity index (χ1v) is 7.06. The smallest absolute Gasteiger partial charge is 0.131 e. The Balaban J connectivity index is 2.05. The third-order valence-electron chi connectivity index (χ3n) is 2.65. The Morgan fingerprint density at radius 1 is 1.53 bits per heavy atom. The highest BCUT2D eigenvalue weighted by Gasteiger charge is 2.17. The van der Waals surface area contributed by atoms with Gasteiger partial charge in [0.2, 0.25) is 0 Å². The van der Waals surface area contributed by atoms with Crippen molar-refractivity contribution in [2.45, 2.75) is 19.6 Å². The summed E-state index contributed by atoms with van der Waals surface area (Å²) < 4.78 is 8.04. The van der Waals surface area contributed by atoms with Crippen LogP contribution in [0.3, 0.4) is 0 Å². The molecule has 1 atom stereocenters. The molecule has 1 unspecified atom stereocenters. The molecule has 19 heavy (non-hydrogen) atoms. The van der Waals surface area contributed by atoms with Crippen molar-refractivity contribution in [1.29, 1.82) is 0 Å². The fourth-order valence-corrected chi connectivity index (χ4v) is 2.51. The van der Waals surface area contributed by atoms with Gasteiger partial charge in [0.25, 0.3) is 0 Å². The number of rotatable bonds is 5. The van der Waals surface area contributed by atoms with Crippen LogP contribution in [0, 0.1) is 0 Å². The number of aliphatic hydroxyl groups excluding tert-OH is 1. The van der Waals surface area contributed by atoms with Gasteiger partial charge >= 0.3 is 0 Å². The highest BCUT2D eigenvalue weighted by Crippen LogP contribution is 2.25. The van der Waals surface area contributed by atoms with Gasteiger partial charge in [-0.2, -0.15) is 5.10 Å². The van der Waals surface area contributed by atoms with Gasteiger partial charge in [0, 0.05) is 11.6 Å². The van der Waals surface area contributed by atoms with Gasteiger partial charge in [-0.25, -0.2) is 0 Å². The molecule has 2 rings (SSSR count). The molecule has 0 saturated carbocycles. The summed E-state index contributed by atoms with van der Waals surface area (Å²) in [6, 6.07) is 7.08. The van der Waals surface area contributed by atoms with E-state index in [1.165, 1.54) is 0 Å². The molecular formula is C13H14BrClN2O2. The van der Waals surface area contributed by atoms with Gasteiger partial charge in [-0.1, -0.05) is 17.7 Å². The molecule has 102 valence electrons. The largest absolute Gasteiger partial charge is 0.490 e. The SMILES string of the molecule is CCn1ncc(Br)c1C(O)COc1cccc(Cl)c1. The summed E-state index contributed by atoms with van der Waals surface area (Å²) in [4.78, 5) is 0. The van der Waals surface area contributed by atoms with Gasteiger partial charge < -0.3 is 9.84 Å². The summed E-state index contributed by atoms with van der Waals surface area (Å²) in [6.45, 7) is 2.80. The Kier molecular flexibility index (Phi) is 4.85. The van der Waals surface area contributed by atoms with E-state index in [2.05, 4.69) is 21.0 Å². The Hall–Kier alpha value is -1.04. The van der Waals surface area contributed by atoms with Crippen LogP contribution in [0.15, 0.2) is 34.9 Å². The Labute approximate surface area is 125 Å². The van der Waals surface area contributed by atoms with Crippen LogP contribution < -0.4 is 4.74 Å². The van der Waals surface area contributed by atoms with E-state index in [9.17, 15) is 5.11 Å². The Bertz CT molecular complexity index is 559. The minimum atomic E-state index is -0.754. The zero-order chi connectivity index (χ0) is 13.8. The maximum absolute atomic E-state index is 10.2. The van der Waals surface area contributed by atoms with Crippen LogP contribution in [0.5, 0.6) is 5.75 Å². The molecule has 0 radical (unpaired) electrons. The molecular weight excluding hydrogens is 332 g/mol. The average Bonchev–Trinajstić information content (AvgIpc) is 2.77. The number of aliphatic hydroxyl groups is 1. The van der Waals surface area contributed by atoms with E-state index in [0.717, 1.165) is 4.47 Å². The first-order valence-electron chi connectivity index (χ1n) is 5.89. The van der Waals surface area contributed by atoms with Gasteiger partial charge in [0.15, 0.2) is 0 Å². The Morgan fingerprint density at radius 3 is 3.00 bits per heavy atom. The summed E-state index contributed by atoms with van der Waals surface area (Å²) >= 11 is 9.24. The topological polar surface area (TPSA) is 47.3 Å². The second kappa shape index (κ2) is 6.41. The lowest BCUT2D eigenvalue weighted by atomic mass is 10.2. The number of nitrogens with zero attached hydrogens (tertiary/aromatic N) is 2. The zero-order valence-electron chi connectivity index (χ0n) is 10.4. The van der Waals surface area contributed by atoms with Crippen LogP contribution in [0.4, 0.5) is 0 Å². The minimum absolute atomic E-state index is 0.143. The van der Waals surface area contributed by atoms with Crippen molar-refractivity contribution in [3.05, 3.63) is 45.7 Å². The number of hydrogen-bond acceptors (Lipinski definition) is 3. The van der Waals surface area contributed by atoms with Gasteiger partial charge in [-0.3, -0.25) is 4.68 Å². The van der Waals surface area contributed by atoms with Gasteiger partial charge in [-0.15, -0.1) is 0 Å². The van der Waals surface area contributed by atoms with Crippen LogP contribution in [-0.4, -0.2) is 21.5 Å². The second-order valence-electron chi connectivity index (χ2n) is 3.98. The van der Waals surface area contributed by atoms with E-state index >= 15 is 0 Å². The van der Waals surface area contributed by atoms with Crippen molar-refractivity contribution in [3.63, 3.8) is 0 Å². The van der Waals surface area contributed by atoms with Crippen LogP contribution >= 0.6 is 27.5 Å². The molecule has 0 aliphatic heterocycles. The fourth-order valence-electron chi connectivity index (χ4n) is 1.77. The monoisotopic (exact) mass is 344 g/mol. The van der Waals surface area contributed by atoms with E-state index in [-0.39, 0.29) is 6.61 Å². The molecule has 0 aliphatic rings. The van der Waals surface area contributed by atoms with Gasteiger partial charge in [0.05, 0.1) is 16.4 Å². The molecule has 4 nitrogen and oxygen atoms in total. The standard InChI is InChI=1S/C13H14BrClN2O2/c1-2-17-13(11(14)7-16-17)12(18)8-19-10-5-3-4-9(15)6-10/h3-7,12,18H,2,8H2,1H3. The molecule has 1 aromatic heterocycles. The molecule has 1 heterocycles. The molecule has 0 amide bonds. The highest BCUT2D eigenvalue weighted by atomic mass is 79.9. The summed E-state index contributed by atoms with van der Waals surface area (Å²) in [6.07, 6.45) is 0.914. The summed E-state index contributed by atoms with van der Waals surface area (Å²) in [5.41, 5.74) is 0.713. The molecule has 1 N–H and O–H groups in total. The molecule has 0 aliphatic carbocycles. The molecule has 0 saturated heterocycles. The predicted molar refractivity (Wildman–Crippen MR) is 77.5 cm³/mol. The third kappa shape index (κ3) is 3.49. The molecule has 0 bridgehead atoms. The van der Waals surface area contributed by atoms with Crippen LogP contribution in [-0.2, 0) is 6.54 Å². The van der Waals surface area contributed by atoms with Gasteiger partial charge in [-0.05, 0) is 41.1 Å². The summed E-state index contributed by atoms with van der Waals surface area (Å²) in [5.74, 6) is 0.630. The average molecular weight is 346 g/mol. The van der Waals surface area contributed by atoms with Gasteiger partial charge in [0.1, 0.15) is 18.5 Å². The van der Waals surface area contributed by atoms with Crippen LogP contribution in [0.2, 0.25) is 5.02 Å². The maximum Gasteiger partial charge on any atom is 0.131 e. The van der Waals surface area contributed by atoms with E-state index in [0.29, 0.717) is 23.0 Å². The van der Waals surface area contributed by atoms with Crippen molar-refractivity contribution in [1.82, 2.24) is 9.78 Å². The van der Waals surface area contributed by atoms with E-state index in [1.54, 1.807) is 35.1 Å². The van der Waals surface area contributed by atoms with Crippen molar-refractivity contribution < 1.29 is 9.84 Å². The number of aryl methyl sites for hydroxylation is 1. The molecule has 6 heteroatoms. The molecule has 0 fully saturated rings. The van der Waals surface area contributed by atoms with Crippen LogP contribution in [0.1, 0.15) is 18.7 Å². The maximum atomic E-state index is 10.2. The lowest BCUT2D eigenvalue weighted by Gasteiger charge is -2.14. The van der Waals surface area contributed by atoms with Crippen molar-refractivity contribution in [2.24, 2.45) is 0 Å². The van der Waals surface area contributed by atoms with E-state index in [1.807, 2.05) is 6.92 Å². The fraction of sp³-hybridized carbons (Fsp3) is 0.308. The minimum Gasteiger partial charge on any atom is -0.490 e. The number of halogens is 2. The third-order valence-corrected chi connectivity index (χ3v) is 3.50. The summed E-state index contributed by atoms with van der Waals surface area (Å²) in [5, 5.41) is 14.9. The van der Waals surface area contributed by atoms with Crippen molar-refractivity contribution >= 4 is 27.5 Å². The van der Waals surface area contributed by atoms with E-state index < -0.39 is 6.10 Å². The summed E-state index contributed by atoms with van der Waals surface area (Å²) in [7, 11) is 0. The number of benzene rings is 1. The predicted octanol–water partition coefficient (Wildman–Crippen LogP) is 3.43. The second-order valence-corrected chi connectivity index (χ2v) is 5.27. The lowest BCUT2D eigenvalue weighted by molar-refractivity contribution is 0.0996. The first kappa shape index (κ1) is 14.4. The number of aromatic nitrogens is 2. The quantitative estimate of drug-likeness (QED) is 0.903. The van der Waals surface area contributed by atoms with Crippen LogP contribution in [0.25, 0.3) is 0 Å². The van der Waals surface area contributed by atoms with Crippen molar-refractivity contribution in [3.8, 4) is 5.75 Å². The molecule has 0 spiro atoms. The number of ether oxygens (including phenoxy) is 1. The number of hydrogen-bond donors (Lipinski definition) is 1. The first-order chi connectivity index (χ1) is 9.11. The normalized spacial score (nSPS) is 12.4. The van der Waals surface area contributed by atoms with E-state index in [4.69, 9.17) is 16.3 Å². The molecule has 1 aromatic carbocycles. The zero-order valence-corrected chi connectivity index (χ0v) is 12.7.